The summed E-state index contributed by atoms with van der Waals surface area (Å²) in [6, 6.07) is 7.51. The van der Waals surface area contributed by atoms with Crippen molar-refractivity contribution in [2.45, 2.75) is 6.92 Å². The predicted molar refractivity (Wildman–Crippen MR) is 59.8 cm³/mol. The number of nitrogens with zero attached hydrogens (tertiary/aromatic N) is 1. The number of hydrogen-bond acceptors (Lipinski definition) is 4. The second kappa shape index (κ2) is 4.26. The Labute approximate surface area is 93.8 Å². The van der Waals surface area contributed by atoms with Gasteiger partial charge in [-0.25, -0.2) is 0 Å². The van der Waals surface area contributed by atoms with Crippen LogP contribution < -0.4 is 9.47 Å². The summed E-state index contributed by atoms with van der Waals surface area (Å²) in [5.41, 5.74) is 1.60. The van der Waals surface area contributed by atoms with E-state index < -0.39 is 0 Å². The lowest BCUT2D eigenvalue weighted by Crippen LogP contribution is -1.93. The van der Waals surface area contributed by atoms with Gasteiger partial charge in [-0.15, -0.1) is 0 Å². The molecular weight excluding hydrogens is 206 g/mol. The van der Waals surface area contributed by atoms with Gasteiger partial charge in [0.05, 0.1) is 14.2 Å². The number of aromatic nitrogens is 1. The lowest BCUT2D eigenvalue weighted by molar-refractivity contribution is 0.355. The summed E-state index contributed by atoms with van der Waals surface area (Å²) in [5, 5.41) is 3.96. The minimum absolute atomic E-state index is 0.665. The Hall–Kier alpha value is -1.97. The molecule has 0 aliphatic heterocycles. The molecular formula is C12H13NO3. The van der Waals surface area contributed by atoms with Crippen molar-refractivity contribution in [2.24, 2.45) is 0 Å². The van der Waals surface area contributed by atoms with Crippen molar-refractivity contribution in [3.05, 3.63) is 30.0 Å². The van der Waals surface area contributed by atoms with E-state index in [1.807, 2.05) is 31.2 Å². The summed E-state index contributed by atoms with van der Waals surface area (Å²) in [5.74, 6) is 2.11. The van der Waals surface area contributed by atoms with Gasteiger partial charge in [0.15, 0.2) is 11.5 Å². The van der Waals surface area contributed by atoms with E-state index >= 15 is 0 Å². The average molecular weight is 219 g/mol. The molecule has 84 valence electrons. The van der Waals surface area contributed by atoms with Crippen LogP contribution in [-0.2, 0) is 0 Å². The van der Waals surface area contributed by atoms with Crippen LogP contribution in [0.15, 0.2) is 28.8 Å². The maximum atomic E-state index is 5.32. The minimum Gasteiger partial charge on any atom is -0.493 e. The largest absolute Gasteiger partial charge is 0.493 e. The zero-order valence-electron chi connectivity index (χ0n) is 9.48. The first-order valence-electron chi connectivity index (χ1n) is 4.91. The van der Waals surface area contributed by atoms with Crippen molar-refractivity contribution in [3.63, 3.8) is 0 Å². The minimum atomic E-state index is 0.665. The van der Waals surface area contributed by atoms with Crippen molar-refractivity contribution in [1.29, 1.82) is 0 Å². The van der Waals surface area contributed by atoms with E-state index in [1.165, 1.54) is 0 Å². The second-order valence-electron chi connectivity index (χ2n) is 3.36. The molecule has 0 bridgehead atoms. The second-order valence-corrected chi connectivity index (χ2v) is 3.36. The number of aryl methyl sites for hydroxylation is 1. The van der Waals surface area contributed by atoms with E-state index in [-0.39, 0.29) is 0 Å². The highest BCUT2D eigenvalue weighted by Gasteiger charge is 2.13. The molecule has 1 heterocycles. The van der Waals surface area contributed by atoms with Crippen LogP contribution in [0.25, 0.3) is 11.3 Å². The molecule has 2 aromatic rings. The highest BCUT2D eigenvalue weighted by atomic mass is 16.5. The molecule has 1 aromatic heterocycles. The van der Waals surface area contributed by atoms with Crippen LogP contribution in [0.5, 0.6) is 11.5 Å². The summed E-state index contributed by atoms with van der Waals surface area (Å²) in [7, 11) is 3.21. The van der Waals surface area contributed by atoms with Gasteiger partial charge >= 0.3 is 0 Å². The molecule has 0 amide bonds. The molecule has 0 radical (unpaired) electrons. The molecule has 0 spiro atoms. The third-order valence-corrected chi connectivity index (χ3v) is 2.31. The Morgan fingerprint density at radius 3 is 2.56 bits per heavy atom. The lowest BCUT2D eigenvalue weighted by Gasteiger charge is -2.10. The summed E-state index contributed by atoms with van der Waals surface area (Å²) < 4.78 is 15.6. The average Bonchev–Trinajstić information content (AvgIpc) is 2.74. The van der Waals surface area contributed by atoms with E-state index in [0.29, 0.717) is 11.5 Å². The molecule has 4 nitrogen and oxygen atoms in total. The smallest absolute Gasteiger partial charge is 0.170 e. The summed E-state index contributed by atoms with van der Waals surface area (Å²) in [6.45, 7) is 1.85. The van der Waals surface area contributed by atoms with Gasteiger partial charge in [-0.1, -0.05) is 11.2 Å². The number of ether oxygens (including phenoxy) is 2. The first kappa shape index (κ1) is 10.5. The van der Waals surface area contributed by atoms with Crippen LogP contribution >= 0.6 is 0 Å². The molecule has 0 fully saturated rings. The highest BCUT2D eigenvalue weighted by Crippen LogP contribution is 2.37. The standard InChI is InChI=1S/C12H13NO3/c1-8-7-10(13-16-8)9-5-4-6-11(14-2)12(9)15-3/h4-7H,1-3H3. The molecule has 0 N–H and O–H groups in total. The van der Waals surface area contributed by atoms with Crippen LogP contribution in [0, 0.1) is 6.92 Å². The molecule has 0 aliphatic rings. The topological polar surface area (TPSA) is 44.5 Å². The molecule has 1 aromatic carbocycles. The lowest BCUT2D eigenvalue weighted by atomic mass is 10.1. The summed E-state index contributed by atoms with van der Waals surface area (Å²) in [6.07, 6.45) is 0. The Bertz CT molecular complexity index is 491. The molecule has 2 rings (SSSR count). The molecule has 0 aliphatic carbocycles. The van der Waals surface area contributed by atoms with Crippen LogP contribution in [0.2, 0.25) is 0 Å². The van der Waals surface area contributed by atoms with Gasteiger partial charge in [0.1, 0.15) is 11.5 Å². The number of hydrogen-bond donors (Lipinski definition) is 0. The maximum absolute atomic E-state index is 5.32. The number of benzene rings is 1. The SMILES string of the molecule is COc1cccc(-c2cc(C)on2)c1OC. The maximum Gasteiger partial charge on any atom is 0.170 e. The quantitative estimate of drug-likeness (QED) is 0.796. The number of methoxy groups -OCH3 is 2. The van der Waals surface area contributed by atoms with Crippen molar-refractivity contribution < 1.29 is 14.0 Å². The molecule has 16 heavy (non-hydrogen) atoms. The van der Waals surface area contributed by atoms with Crippen molar-refractivity contribution in [1.82, 2.24) is 5.16 Å². The van der Waals surface area contributed by atoms with E-state index in [1.54, 1.807) is 14.2 Å². The van der Waals surface area contributed by atoms with Crippen LogP contribution in [-0.4, -0.2) is 19.4 Å². The fourth-order valence-corrected chi connectivity index (χ4v) is 1.58. The predicted octanol–water partition coefficient (Wildman–Crippen LogP) is 2.67. The molecule has 0 saturated carbocycles. The Morgan fingerprint density at radius 2 is 2.00 bits per heavy atom. The zero-order chi connectivity index (χ0) is 11.5. The van der Waals surface area contributed by atoms with Gasteiger partial charge in [0.25, 0.3) is 0 Å². The third kappa shape index (κ3) is 1.74. The van der Waals surface area contributed by atoms with Gasteiger partial charge in [-0.3, -0.25) is 0 Å². The van der Waals surface area contributed by atoms with Gasteiger partial charge < -0.3 is 14.0 Å². The Morgan fingerprint density at radius 1 is 1.19 bits per heavy atom. The first-order valence-corrected chi connectivity index (χ1v) is 4.91. The summed E-state index contributed by atoms with van der Waals surface area (Å²) >= 11 is 0. The molecule has 0 atom stereocenters. The van der Waals surface area contributed by atoms with Gasteiger partial charge in [-0.05, 0) is 19.1 Å². The van der Waals surface area contributed by atoms with E-state index in [4.69, 9.17) is 14.0 Å². The van der Waals surface area contributed by atoms with Crippen LogP contribution in [0.3, 0.4) is 0 Å². The third-order valence-electron chi connectivity index (χ3n) is 2.31. The Balaban J connectivity index is 2.56. The van der Waals surface area contributed by atoms with Crippen LogP contribution in [0.1, 0.15) is 5.76 Å². The van der Waals surface area contributed by atoms with E-state index in [0.717, 1.165) is 17.0 Å². The molecule has 0 saturated heterocycles. The van der Waals surface area contributed by atoms with E-state index in [2.05, 4.69) is 5.16 Å². The highest BCUT2D eigenvalue weighted by molar-refractivity contribution is 5.70. The molecule has 4 heteroatoms. The number of rotatable bonds is 3. The van der Waals surface area contributed by atoms with Crippen LogP contribution in [0.4, 0.5) is 0 Å². The fourth-order valence-electron chi connectivity index (χ4n) is 1.58. The van der Waals surface area contributed by atoms with Crippen molar-refractivity contribution >= 4 is 0 Å². The van der Waals surface area contributed by atoms with Crippen molar-refractivity contribution in [2.75, 3.05) is 14.2 Å². The Kier molecular flexibility index (Phi) is 2.81. The van der Waals surface area contributed by atoms with Crippen molar-refractivity contribution in [3.8, 4) is 22.8 Å². The zero-order valence-corrected chi connectivity index (χ0v) is 9.48. The first-order chi connectivity index (χ1) is 7.76. The molecule has 0 unspecified atom stereocenters. The monoisotopic (exact) mass is 219 g/mol. The fraction of sp³-hybridized carbons (Fsp3) is 0.250. The normalized spacial score (nSPS) is 10.2. The number of para-hydroxylation sites is 1. The van der Waals surface area contributed by atoms with E-state index in [9.17, 15) is 0 Å². The van der Waals surface area contributed by atoms with Gasteiger partial charge in [-0.2, -0.15) is 0 Å². The summed E-state index contributed by atoms with van der Waals surface area (Å²) in [4.78, 5) is 0. The van der Waals surface area contributed by atoms with Gasteiger partial charge in [0, 0.05) is 11.6 Å². The van der Waals surface area contributed by atoms with Gasteiger partial charge in [0.2, 0.25) is 0 Å².